The molecular formula is C15H16FNO3. The summed E-state index contributed by atoms with van der Waals surface area (Å²) in [5.74, 6) is 4.86. The molecule has 1 N–H and O–H groups in total. The van der Waals surface area contributed by atoms with Crippen molar-refractivity contribution < 1.29 is 18.7 Å². The number of nitrogens with one attached hydrogen (secondary N) is 1. The molecule has 1 amide bonds. The molecule has 0 aliphatic carbocycles. The van der Waals surface area contributed by atoms with Gasteiger partial charge in [-0.25, -0.2) is 9.18 Å². The van der Waals surface area contributed by atoms with E-state index in [1.54, 1.807) is 20.8 Å². The third-order valence-corrected chi connectivity index (χ3v) is 2.08. The zero-order valence-electron chi connectivity index (χ0n) is 11.6. The first-order valence-corrected chi connectivity index (χ1v) is 6.02. The van der Waals surface area contributed by atoms with Crippen molar-refractivity contribution in [1.82, 2.24) is 5.32 Å². The smallest absolute Gasteiger partial charge is 0.408 e. The number of ether oxygens (including phenoxy) is 1. The molecular weight excluding hydrogens is 261 g/mol. The summed E-state index contributed by atoms with van der Waals surface area (Å²) in [6.45, 7) is 5.35. The van der Waals surface area contributed by atoms with Gasteiger partial charge in [0.2, 0.25) is 0 Å². The first-order chi connectivity index (χ1) is 9.31. The summed E-state index contributed by atoms with van der Waals surface area (Å²) in [6, 6.07) is 3.75. The van der Waals surface area contributed by atoms with Crippen molar-refractivity contribution in [2.24, 2.45) is 0 Å². The maximum Gasteiger partial charge on any atom is 0.408 e. The van der Waals surface area contributed by atoms with Crippen LogP contribution < -0.4 is 5.32 Å². The van der Waals surface area contributed by atoms with Gasteiger partial charge in [0.1, 0.15) is 11.4 Å². The van der Waals surface area contributed by atoms with Gasteiger partial charge in [0.15, 0.2) is 6.29 Å². The Morgan fingerprint density at radius 1 is 1.45 bits per heavy atom. The molecule has 20 heavy (non-hydrogen) atoms. The second kappa shape index (κ2) is 6.71. The lowest BCUT2D eigenvalue weighted by Crippen LogP contribution is -2.32. The summed E-state index contributed by atoms with van der Waals surface area (Å²) in [7, 11) is 0. The molecule has 0 saturated heterocycles. The van der Waals surface area contributed by atoms with Crippen LogP contribution in [-0.4, -0.2) is 24.5 Å². The van der Waals surface area contributed by atoms with E-state index in [9.17, 15) is 14.0 Å². The van der Waals surface area contributed by atoms with Crippen LogP contribution in [0.25, 0.3) is 0 Å². The van der Waals surface area contributed by atoms with E-state index in [1.165, 1.54) is 12.1 Å². The topological polar surface area (TPSA) is 55.4 Å². The molecule has 1 aromatic carbocycles. The lowest BCUT2D eigenvalue weighted by molar-refractivity contribution is 0.0535. The molecule has 4 nitrogen and oxygen atoms in total. The summed E-state index contributed by atoms with van der Waals surface area (Å²) in [4.78, 5) is 22.1. The van der Waals surface area contributed by atoms with Gasteiger partial charge in [0, 0.05) is 11.1 Å². The molecule has 0 aromatic heterocycles. The highest BCUT2D eigenvalue weighted by atomic mass is 19.1. The minimum Gasteiger partial charge on any atom is -0.444 e. The predicted molar refractivity (Wildman–Crippen MR) is 72.9 cm³/mol. The molecule has 106 valence electrons. The number of carbonyl (C=O) groups is 2. The number of carbonyl (C=O) groups excluding carboxylic acids is 2. The minimum atomic E-state index is -0.570. The van der Waals surface area contributed by atoms with E-state index in [-0.39, 0.29) is 12.1 Å². The highest BCUT2D eigenvalue weighted by molar-refractivity contribution is 5.79. The largest absolute Gasteiger partial charge is 0.444 e. The lowest BCUT2D eigenvalue weighted by atomic mass is 10.1. The van der Waals surface area contributed by atoms with Gasteiger partial charge in [-0.15, -0.1) is 0 Å². The van der Waals surface area contributed by atoms with E-state index in [1.807, 2.05) is 0 Å². The molecule has 0 fully saturated rings. The van der Waals surface area contributed by atoms with Crippen LogP contribution in [0.2, 0.25) is 0 Å². The van der Waals surface area contributed by atoms with Crippen LogP contribution in [-0.2, 0) is 4.74 Å². The number of alkyl carbamates (subject to hydrolysis) is 1. The standard InChI is InChI=1S/C15H16FNO3/c1-15(2,3)20-14(19)17-8-4-5-11-6-7-13(16)9-12(11)10-18/h6-7,9-10H,8H2,1-3H3,(H,17,19). The summed E-state index contributed by atoms with van der Waals surface area (Å²) in [5.41, 5.74) is 0.0150. The Labute approximate surface area is 117 Å². The normalized spacial score (nSPS) is 10.2. The van der Waals surface area contributed by atoms with Gasteiger partial charge in [-0.2, -0.15) is 0 Å². The molecule has 1 rings (SSSR count). The summed E-state index contributed by atoms with van der Waals surface area (Å²) >= 11 is 0. The number of amides is 1. The maximum atomic E-state index is 12.9. The van der Waals surface area contributed by atoms with Crippen LogP contribution in [0.4, 0.5) is 9.18 Å². The van der Waals surface area contributed by atoms with Crippen LogP contribution in [0.3, 0.4) is 0 Å². The molecule has 5 heteroatoms. The van der Waals surface area contributed by atoms with E-state index < -0.39 is 17.5 Å². The second-order valence-corrected chi connectivity index (χ2v) is 5.01. The molecule has 0 atom stereocenters. The van der Waals surface area contributed by atoms with Crippen molar-refractivity contribution in [3.8, 4) is 11.8 Å². The van der Waals surface area contributed by atoms with Gasteiger partial charge in [-0.05, 0) is 39.0 Å². The molecule has 0 saturated carbocycles. The number of hydrogen-bond donors (Lipinski definition) is 1. The van der Waals surface area contributed by atoms with Gasteiger partial charge < -0.3 is 10.1 Å². The monoisotopic (exact) mass is 277 g/mol. The van der Waals surface area contributed by atoms with Gasteiger partial charge >= 0.3 is 6.09 Å². The number of halogens is 1. The Morgan fingerprint density at radius 3 is 2.75 bits per heavy atom. The number of hydrogen-bond acceptors (Lipinski definition) is 3. The fourth-order valence-corrected chi connectivity index (χ4v) is 1.31. The van der Waals surface area contributed by atoms with Gasteiger partial charge in [0.25, 0.3) is 0 Å². The highest BCUT2D eigenvalue weighted by Crippen LogP contribution is 2.08. The summed E-state index contributed by atoms with van der Waals surface area (Å²) in [5, 5.41) is 2.46. The Kier molecular flexibility index (Phi) is 5.27. The number of rotatable bonds is 2. The van der Waals surface area contributed by atoms with Crippen LogP contribution in [0, 0.1) is 17.7 Å². The average molecular weight is 277 g/mol. The third kappa shape index (κ3) is 5.53. The lowest BCUT2D eigenvalue weighted by Gasteiger charge is -2.19. The van der Waals surface area contributed by atoms with E-state index >= 15 is 0 Å². The van der Waals surface area contributed by atoms with Crippen LogP contribution in [0.1, 0.15) is 36.7 Å². The Morgan fingerprint density at radius 2 is 2.15 bits per heavy atom. The average Bonchev–Trinajstić information content (AvgIpc) is 2.33. The molecule has 0 unspecified atom stereocenters. The highest BCUT2D eigenvalue weighted by Gasteiger charge is 2.14. The van der Waals surface area contributed by atoms with E-state index in [4.69, 9.17) is 4.74 Å². The molecule has 0 spiro atoms. The quantitative estimate of drug-likeness (QED) is 0.667. The van der Waals surface area contributed by atoms with Crippen molar-refractivity contribution in [1.29, 1.82) is 0 Å². The first kappa shape index (κ1) is 15.7. The van der Waals surface area contributed by atoms with Crippen molar-refractivity contribution >= 4 is 12.4 Å². The molecule has 1 aromatic rings. The number of aldehydes is 1. The fourth-order valence-electron chi connectivity index (χ4n) is 1.31. The maximum absolute atomic E-state index is 12.9. The van der Waals surface area contributed by atoms with Crippen molar-refractivity contribution in [2.75, 3.05) is 6.54 Å². The van der Waals surface area contributed by atoms with Gasteiger partial charge in [0.05, 0.1) is 6.54 Å². The third-order valence-electron chi connectivity index (χ3n) is 2.08. The SMILES string of the molecule is CC(C)(C)OC(=O)NCC#Cc1ccc(F)cc1C=O. The van der Waals surface area contributed by atoms with Crippen molar-refractivity contribution in [3.05, 3.63) is 35.1 Å². The van der Waals surface area contributed by atoms with Crippen molar-refractivity contribution in [3.63, 3.8) is 0 Å². The zero-order chi connectivity index (χ0) is 15.2. The first-order valence-electron chi connectivity index (χ1n) is 6.02. The predicted octanol–water partition coefficient (Wildman–Crippen LogP) is 2.51. The fraction of sp³-hybridized carbons (Fsp3) is 0.333. The minimum absolute atomic E-state index is 0.0740. The molecule has 0 aliphatic rings. The van der Waals surface area contributed by atoms with E-state index in [0.29, 0.717) is 11.8 Å². The van der Waals surface area contributed by atoms with Crippen LogP contribution in [0.15, 0.2) is 18.2 Å². The Bertz CT molecular complexity index is 565. The zero-order valence-corrected chi connectivity index (χ0v) is 11.6. The van der Waals surface area contributed by atoms with Crippen molar-refractivity contribution in [2.45, 2.75) is 26.4 Å². The Hall–Kier alpha value is -2.35. The summed E-state index contributed by atoms with van der Waals surface area (Å²) < 4.78 is 17.9. The van der Waals surface area contributed by atoms with E-state index in [2.05, 4.69) is 17.2 Å². The molecule has 0 radical (unpaired) electrons. The van der Waals surface area contributed by atoms with E-state index in [0.717, 1.165) is 6.07 Å². The molecule has 0 heterocycles. The van der Waals surface area contributed by atoms with Gasteiger partial charge in [-0.1, -0.05) is 11.8 Å². The van der Waals surface area contributed by atoms with Crippen LogP contribution in [0.5, 0.6) is 0 Å². The van der Waals surface area contributed by atoms with Gasteiger partial charge in [-0.3, -0.25) is 4.79 Å². The summed E-state index contributed by atoms with van der Waals surface area (Å²) in [6.07, 6.45) is -0.0319. The number of benzene rings is 1. The molecule has 0 bridgehead atoms. The molecule has 0 aliphatic heterocycles. The van der Waals surface area contributed by atoms with Crippen LogP contribution >= 0.6 is 0 Å². The second-order valence-electron chi connectivity index (χ2n) is 5.01. The Balaban J connectivity index is 2.59.